The minimum Gasteiger partial charge on any atom is -0.308 e. The van der Waals surface area contributed by atoms with Gasteiger partial charge in [-0.15, -0.1) is 11.3 Å². The van der Waals surface area contributed by atoms with Gasteiger partial charge in [-0.05, 0) is 52.6 Å². The molecule has 0 fully saturated rings. The zero-order chi connectivity index (χ0) is 25.9. The molecule has 0 saturated carbocycles. The van der Waals surface area contributed by atoms with E-state index in [0.29, 0.717) is 0 Å². The maximum Gasteiger partial charge on any atom is 0.0640 e. The summed E-state index contributed by atoms with van der Waals surface area (Å²) in [6.45, 7) is 0. The van der Waals surface area contributed by atoms with Gasteiger partial charge in [0.05, 0.1) is 21.4 Å². The Morgan fingerprint density at radius 2 is 1.15 bits per heavy atom. The highest BCUT2D eigenvalue weighted by molar-refractivity contribution is 9.10. The number of fused-ring (bicyclic) bond motifs is 6. The van der Waals surface area contributed by atoms with Gasteiger partial charge in [0.1, 0.15) is 0 Å². The van der Waals surface area contributed by atoms with E-state index in [1.54, 1.807) is 0 Å². The molecule has 2 heterocycles. The predicted molar refractivity (Wildman–Crippen MR) is 172 cm³/mol. The summed E-state index contributed by atoms with van der Waals surface area (Å²) in [5.74, 6) is 0. The number of nitrogens with zero attached hydrogens (tertiary/aromatic N) is 1. The Balaban J connectivity index is 1.35. The summed E-state index contributed by atoms with van der Waals surface area (Å²) < 4.78 is 6.22. The molecule has 0 spiro atoms. The highest BCUT2D eigenvalue weighted by Crippen LogP contribution is 2.41. The van der Waals surface area contributed by atoms with Crippen molar-refractivity contribution in [3.8, 4) is 27.9 Å². The number of rotatable bonds is 3. The third-order valence-electron chi connectivity index (χ3n) is 7.70. The van der Waals surface area contributed by atoms with Crippen LogP contribution < -0.4 is 0 Å². The minimum absolute atomic E-state index is 1.11. The van der Waals surface area contributed by atoms with E-state index in [-0.39, 0.29) is 0 Å². The Kier molecular flexibility index (Phi) is 5.22. The second-order valence-electron chi connectivity index (χ2n) is 9.89. The van der Waals surface area contributed by atoms with Crippen molar-refractivity contribution < 1.29 is 0 Å². The molecule has 39 heavy (non-hydrogen) atoms. The summed E-state index contributed by atoms with van der Waals surface area (Å²) in [7, 11) is 0. The van der Waals surface area contributed by atoms with Gasteiger partial charge in [0.25, 0.3) is 0 Å². The lowest BCUT2D eigenvalue weighted by molar-refractivity contribution is 1.20. The number of aromatic nitrogens is 1. The zero-order valence-electron chi connectivity index (χ0n) is 20.9. The standard InChI is InChI=1S/C36H22BrNS/c37-31-12-4-1-8-26(31)24-18-16-23(17-19-24)25-20-21-28-27-9-2-5-13-32(27)38(34(28)22-25)33-14-7-11-30-29-10-3-6-15-35(29)39-36(30)33/h1-22H. The van der Waals surface area contributed by atoms with E-state index in [1.807, 2.05) is 11.3 Å². The molecule has 184 valence electrons. The first-order chi connectivity index (χ1) is 19.3. The number of halogens is 1. The Bertz CT molecular complexity index is 2180. The van der Waals surface area contributed by atoms with E-state index in [0.717, 1.165) is 4.47 Å². The molecule has 3 heteroatoms. The summed E-state index contributed by atoms with van der Waals surface area (Å²) in [4.78, 5) is 0. The lowest BCUT2D eigenvalue weighted by Gasteiger charge is -2.11. The topological polar surface area (TPSA) is 4.93 Å². The molecule has 0 atom stereocenters. The lowest BCUT2D eigenvalue weighted by atomic mass is 9.99. The van der Waals surface area contributed by atoms with Crippen molar-refractivity contribution in [1.29, 1.82) is 0 Å². The first kappa shape index (κ1) is 22.8. The fraction of sp³-hybridized carbons (Fsp3) is 0. The van der Waals surface area contributed by atoms with Crippen molar-refractivity contribution in [2.45, 2.75) is 0 Å². The van der Waals surface area contributed by atoms with Crippen LogP contribution in [-0.4, -0.2) is 4.57 Å². The number of benzene rings is 6. The molecule has 0 bridgehead atoms. The smallest absolute Gasteiger partial charge is 0.0640 e. The third-order valence-corrected chi connectivity index (χ3v) is 9.60. The van der Waals surface area contributed by atoms with E-state index >= 15 is 0 Å². The van der Waals surface area contributed by atoms with Crippen LogP contribution in [0.5, 0.6) is 0 Å². The normalized spacial score (nSPS) is 11.7. The molecule has 2 aromatic heterocycles. The van der Waals surface area contributed by atoms with Gasteiger partial charge >= 0.3 is 0 Å². The summed E-state index contributed by atoms with van der Waals surface area (Å²) in [6, 6.07) is 48.4. The van der Waals surface area contributed by atoms with Gasteiger partial charge in [-0.3, -0.25) is 0 Å². The van der Waals surface area contributed by atoms with Gasteiger partial charge in [0.2, 0.25) is 0 Å². The highest BCUT2D eigenvalue weighted by Gasteiger charge is 2.17. The maximum absolute atomic E-state index is 3.70. The molecule has 0 radical (unpaired) electrons. The Labute approximate surface area is 238 Å². The molecular weight excluding hydrogens is 558 g/mol. The monoisotopic (exact) mass is 579 g/mol. The van der Waals surface area contributed by atoms with Crippen LogP contribution in [0.2, 0.25) is 0 Å². The first-order valence-electron chi connectivity index (χ1n) is 13.1. The Morgan fingerprint density at radius 3 is 2.03 bits per heavy atom. The number of thiophene rings is 1. The van der Waals surface area contributed by atoms with Crippen molar-refractivity contribution in [3.05, 3.63) is 138 Å². The van der Waals surface area contributed by atoms with E-state index in [4.69, 9.17) is 0 Å². The zero-order valence-corrected chi connectivity index (χ0v) is 23.3. The number of hydrogen-bond donors (Lipinski definition) is 0. The van der Waals surface area contributed by atoms with Gasteiger partial charge < -0.3 is 4.57 Å². The van der Waals surface area contributed by atoms with E-state index < -0.39 is 0 Å². The Hall–Kier alpha value is -4.18. The molecule has 0 aliphatic rings. The molecule has 0 aliphatic carbocycles. The van der Waals surface area contributed by atoms with Crippen LogP contribution in [0.1, 0.15) is 0 Å². The van der Waals surface area contributed by atoms with Crippen LogP contribution in [0.15, 0.2) is 138 Å². The Morgan fingerprint density at radius 1 is 0.487 bits per heavy atom. The summed E-state index contributed by atoms with van der Waals surface area (Å²) in [5, 5.41) is 5.20. The molecule has 1 nitrogen and oxygen atoms in total. The molecule has 8 aromatic rings. The van der Waals surface area contributed by atoms with Crippen molar-refractivity contribution in [3.63, 3.8) is 0 Å². The molecule has 0 N–H and O–H groups in total. The summed E-state index contributed by atoms with van der Waals surface area (Å²) in [6.07, 6.45) is 0. The van der Waals surface area contributed by atoms with Crippen molar-refractivity contribution >= 4 is 69.2 Å². The average Bonchev–Trinajstić information content (AvgIpc) is 3.53. The van der Waals surface area contributed by atoms with Crippen LogP contribution in [0.4, 0.5) is 0 Å². The van der Waals surface area contributed by atoms with Crippen LogP contribution in [0.3, 0.4) is 0 Å². The van der Waals surface area contributed by atoms with Crippen molar-refractivity contribution in [2.24, 2.45) is 0 Å². The van der Waals surface area contributed by atoms with Crippen LogP contribution in [-0.2, 0) is 0 Å². The molecule has 0 amide bonds. The number of para-hydroxylation sites is 1. The summed E-state index contributed by atoms with van der Waals surface area (Å²) in [5.41, 5.74) is 8.54. The van der Waals surface area contributed by atoms with Gasteiger partial charge in [0, 0.05) is 30.7 Å². The second kappa shape index (κ2) is 8.94. The molecule has 0 unspecified atom stereocenters. The van der Waals surface area contributed by atoms with E-state index in [1.165, 1.54) is 69.9 Å². The molecule has 0 saturated heterocycles. The van der Waals surface area contributed by atoms with Crippen LogP contribution >= 0.6 is 27.3 Å². The summed E-state index contributed by atoms with van der Waals surface area (Å²) >= 11 is 5.58. The SMILES string of the molecule is Brc1ccccc1-c1ccc(-c2ccc3c4ccccc4n(-c4cccc5c4sc4ccccc45)c3c2)cc1. The molecular formula is C36H22BrNS. The van der Waals surface area contributed by atoms with Gasteiger partial charge in [0.15, 0.2) is 0 Å². The fourth-order valence-corrected chi connectivity index (χ4v) is 7.58. The predicted octanol–water partition coefficient (Wildman–Crippen LogP) is 11.2. The number of hydrogen-bond acceptors (Lipinski definition) is 1. The maximum atomic E-state index is 3.70. The fourth-order valence-electron chi connectivity index (χ4n) is 5.86. The van der Waals surface area contributed by atoms with E-state index in [9.17, 15) is 0 Å². The van der Waals surface area contributed by atoms with Gasteiger partial charge in [-0.2, -0.15) is 0 Å². The third kappa shape index (κ3) is 3.58. The van der Waals surface area contributed by atoms with Crippen LogP contribution in [0.25, 0.3) is 69.9 Å². The molecule has 6 aromatic carbocycles. The largest absolute Gasteiger partial charge is 0.308 e. The first-order valence-corrected chi connectivity index (χ1v) is 14.7. The quantitative estimate of drug-likeness (QED) is 0.196. The van der Waals surface area contributed by atoms with E-state index in [2.05, 4.69) is 154 Å². The van der Waals surface area contributed by atoms with Gasteiger partial charge in [-0.25, -0.2) is 0 Å². The lowest BCUT2D eigenvalue weighted by Crippen LogP contribution is -1.94. The molecule has 0 aliphatic heterocycles. The van der Waals surface area contributed by atoms with Crippen LogP contribution in [0, 0.1) is 0 Å². The highest BCUT2D eigenvalue weighted by atomic mass is 79.9. The minimum atomic E-state index is 1.11. The van der Waals surface area contributed by atoms with Crippen molar-refractivity contribution in [2.75, 3.05) is 0 Å². The second-order valence-corrected chi connectivity index (χ2v) is 11.8. The van der Waals surface area contributed by atoms with Gasteiger partial charge in [-0.1, -0.05) is 119 Å². The average molecular weight is 581 g/mol. The molecule has 8 rings (SSSR count). The van der Waals surface area contributed by atoms with Crippen molar-refractivity contribution in [1.82, 2.24) is 4.57 Å².